The second kappa shape index (κ2) is 11.6. The van der Waals surface area contributed by atoms with Gasteiger partial charge in [-0.15, -0.1) is 0 Å². The molecule has 0 aliphatic heterocycles. The van der Waals surface area contributed by atoms with Crippen LogP contribution in [0.5, 0.6) is 0 Å². The Morgan fingerprint density at radius 3 is 1.92 bits per heavy atom. The van der Waals surface area contributed by atoms with Crippen molar-refractivity contribution in [1.29, 1.82) is 0 Å². The van der Waals surface area contributed by atoms with Gasteiger partial charge in [0.25, 0.3) is 10.0 Å². The molecule has 0 unspecified atom stereocenters. The molecule has 2 amide bonds. The van der Waals surface area contributed by atoms with Crippen molar-refractivity contribution in [2.75, 3.05) is 17.9 Å². The van der Waals surface area contributed by atoms with Crippen molar-refractivity contribution in [3.8, 4) is 0 Å². The lowest BCUT2D eigenvalue weighted by molar-refractivity contribution is -0.139. The Morgan fingerprint density at radius 1 is 0.838 bits per heavy atom. The number of carbonyl (C=O) groups excluding carboxylic acids is 2. The van der Waals surface area contributed by atoms with Gasteiger partial charge in [-0.25, -0.2) is 8.42 Å². The molecule has 0 fully saturated rings. The lowest BCUT2D eigenvalue weighted by Gasteiger charge is -2.32. The molecule has 7 nitrogen and oxygen atoms in total. The number of anilines is 1. The fourth-order valence-corrected chi connectivity index (χ4v) is 5.60. The molecule has 196 valence electrons. The average Bonchev–Trinajstić information content (AvgIpc) is 2.86. The Kier molecular flexibility index (Phi) is 8.76. The second-order valence-electron chi connectivity index (χ2n) is 9.41. The van der Waals surface area contributed by atoms with Crippen molar-refractivity contribution in [3.63, 3.8) is 0 Å². The Hall–Kier alpha value is -3.65. The van der Waals surface area contributed by atoms with Crippen LogP contribution in [0.3, 0.4) is 0 Å². The van der Waals surface area contributed by atoms with Gasteiger partial charge in [0.15, 0.2) is 0 Å². The van der Waals surface area contributed by atoms with E-state index < -0.39 is 28.5 Å². The molecule has 0 heterocycles. The van der Waals surface area contributed by atoms with Gasteiger partial charge in [0.05, 0.1) is 10.6 Å². The van der Waals surface area contributed by atoms with E-state index in [-0.39, 0.29) is 17.3 Å². The number of benzene rings is 3. The van der Waals surface area contributed by atoms with E-state index in [0.29, 0.717) is 5.69 Å². The van der Waals surface area contributed by atoms with Crippen molar-refractivity contribution in [1.82, 2.24) is 10.2 Å². The van der Waals surface area contributed by atoms with Gasteiger partial charge in [-0.05, 0) is 63.9 Å². The molecule has 37 heavy (non-hydrogen) atoms. The number of hydrogen-bond acceptors (Lipinski definition) is 4. The van der Waals surface area contributed by atoms with Crippen molar-refractivity contribution < 1.29 is 18.0 Å². The minimum absolute atomic E-state index is 0.0929. The number of hydrogen-bond donors (Lipinski definition) is 1. The third-order valence-corrected chi connectivity index (χ3v) is 8.17. The van der Waals surface area contributed by atoms with Crippen LogP contribution >= 0.6 is 0 Å². The molecule has 0 saturated carbocycles. The molecule has 1 N–H and O–H groups in total. The fraction of sp³-hybridized carbons (Fsp3) is 0.310. The number of aryl methyl sites for hydroxylation is 4. The Morgan fingerprint density at radius 2 is 1.38 bits per heavy atom. The number of rotatable bonds is 9. The molecule has 8 heteroatoms. The van der Waals surface area contributed by atoms with E-state index in [1.165, 1.54) is 11.9 Å². The number of likely N-dealkylation sites (N-methyl/N-ethyl adjacent to an activating group) is 1. The molecule has 0 saturated heterocycles. The smallest absolute Gasteiger partial charge is 0.264 e. The summed E-state index contributed by atoms with van der Waals surface area (Å²) in [5, 5.41) is 2.59. The van der Waals surface area contributed by atoms with Gasteiger partial charge >= 0.3 is 0 Å². The van der Waals surface area contributed by atoms with Crippen LogP contribution in [-0.2, 0) is 26.2 Å². The third-order valence-electron chi connectivity index (χ3n) is 6.40. The Labute approximate surface area is 220 Å². The fourth-order valence-electron chi connectivity index (χ4n) is 4.12. The van der Waals surface area contributed by atoms with Crippen LogP contribution in [0.4, 0.5) is 5.69 Å². The minimum atomic E-state index is -4.08. The summed E-state index contributed by atoms with van der Waals surface area (Å²) in [5.41, 5.74) is 4.97. The molecule has 0 aromatic heterocycles. The predicted octanol–water partition coefficient (Wildman–Crippen LogP) is 4.28. The van der Waals surface area contributed by atoms with Crippen LogP contribution in [0.25, 0.3) is 0 Å². The molecule has 3 aromatic rings. The molecular weight excluding hydrogens is 486 g/mol. The van der Waals surface area contributed by atoms with E-state index in [4.69, 9.17) is 0 Å². The van der Waals surface area contributed by atoms with Crippen LogP contribution in [0, 0.1) is 27.7 Å². The van der Waals surface area contributed by atoms with E-state index in [2.05, 4.69) is 5.32 Å². The summed E-state index contributed by atoms with van der Waals surface area (Å²) in [4.78, 5) is 27.9. The first-order chi connectivity index (χ1) is 17.4. The van der Waals surface area contributed by atoms with Gasteiger partial charge in [-0.3, -0.25) is 13.9 Å². The number of nitrogens with one attached hydrogen (secondary N) is 1. The number of sulfonamides is 1. The van der Waals surface area contributed by atoms with E-state index in [1.54, 1.807) is 37.3 Å². The maximum atomic E-state index is 13.9. The maximum absolute atomic E-state index is 13.9. The van der Waals surface area contributed by atoms with E-state index in [0.717, 1.165) is 32.1 Å². The zero-order valence-electron chi connectivity index (χ0n) is 22.3. The predicted molar refractivity (Wildman–Crippen MR) is 147 cm³/mol. The van der Waals surface area contributed by atoms with Crippen molar-refractivity contribution in [3.05, 3.63) is 94.5 Å². The van der Waals surface area contributed by atoms with Crippen molar-refractivity contribution in [2.24, 2.45) is 0 Å². The zero-order chi connectivity index (χ0) is 27.3. The summed E-state index contributed by atoms with van der Waals surface area (Å²) in [6.45, 7) is 8.95. The first-order valence-corrected chi connectivity index (χ1v) is 13.6. The van der Waals surface area contributed by atoms with Gasteiger partial charge in [0.2, 0.25) is 11.8 Å². The Bertz CT molecular complexity index is 1370. The zero-order valence-corrected chi connectivity index (χ0v) is 23.1. The lowest BCUT2D eigenvalue weighted by atomic mass is 10.1. The highest BCUT2D eigenvalue weighted by Gasteiger charge is 2.32. The van der Waals surface area contributed by atoms with E-state index in [1.807, 2.05) is 64.1 Å². The number of amides is 2. The third kappa shape index (κ3) is 6.57. The normalized spacial score (nSPS) is 12.1. The summed E-state index contributed by atoms with van der Waals surface area (Å²) in [6.07, 6.45) is 0. The lowest BCUT2D eigenvalue weighted by Crippen LogP contribution is -2.50. The SMILES string of the molecule is CNC(=O)[C@@H](C)N(Cc1ccc(C)cc1)C(=O)CN(c1ccc(C)cc1C)S(=O)(=O)c1ccc(C)cc1. The minimum Gasteiger partial charge on any atom is -0.357 e. The highest BCUT2D eigenvalue weighted by Crippen LogP contribution is 2.28. The molecule has 0 aliphatic carbocycles. The van der Waals surface area contributed by atoms with Crippen molar-refractivity contribution in [2.45, 2.75) is 52.1 Å². The van der Waals surface area contributed by atoms with Gasteiger partial charge in [0.1, 0.15) is 12.6 Å². The topological polar surface area (TPSA) is 86.8 Å². The van der Waals surface area contributed by atoms with Crippen LogP contribution in [0.2, 0.25) is 0 Å². The van der Waals surface area contributed by atoms with Gasteiger partial charge in [-0.1, -0.05) is 65.2 Å². The molecule has 0 bridgehead atoms. The van der Waals surface area contributed by atoms with Crippen LogP contribution in [0.1, 0.15) is 34.7 Å². The molecule has 0 spiro atoms. The highest BCUT2D eigenvalue weighted by molar-refractivity contribution is 7.92. The maximum Gasteiger partial charge on any atom is 0.264 e. The van der Waals surface area contributed by atoms with Gasteiger partial charge < -0.3 is 10.2 Å². The number of carbonyl (C=O) groups is 2. The summed E-state index contributed by atoms with van der Waals surface area (Å²) in [5.74, 6) is -0.813. The van der Waals surface area contributed by atoms with Crippen LogP contribution in [-0.4, -0.2) is 44.8 Å². The summed E-state index contributed by atoms with van der Waals surface area (Å²) >= 11 is 0. The highest BCUT2D eigenvalue weighted by atomic mass is 32.2. The summed E-state index contributed by atoms with van der Waals surface area (Å²) in [6, 6.07) is 18.8. The standard InChI is InChI=1S/C29H35N3O4S/c1-20-7-12-25(13-8-20)18-31(24(5)29(34)30-6)28(33)19-32(27-16-11-22(3)17-23(27)4)37(35,36)26-14-9-21(2)10-15-26/h7-17,24H,18-19H2,1-6H3,(H,30,34)/t24-/m1/s1. The van der Waals surface area contributed by atoms with Crippen LogP contribution in [0.15, 0.2) is 71.6 Å². The monoisotopic (exact) mass is 521 g/mol. The largest absolute Gasteiger partial charge is 0.357 e. The van der Waals surface area contributed by atoms with Crippen molar-refractivity contribution >= 4 is 27.5 Å². The molecule has 1 atom stereocenters. The first-order valence-electron chi connectivity index (χ1n) is 12.2. The second-order valence-corrected chi connectivity index (χ2v) is 11.3. The number of nitrogens with zero attached hydrogens (tertiary/aromatic N) is 2. The Balaban J connectivity index is 2.06. The van der Waals surface area contributed by atoms with Gasteiger partial charge in [0, 0.05) is 13.6 Å². The van der Waals surface area contributed by atoms with Crippen LogP contribution < -0.4 is 9.62 Å². The van der Waals surface area contributed by atoms with Gasteiger partial charge in [-0.2, -0.15) is 0 Å². The molecule has 3 aromatic carbocycles. The summed E-state index contributed by atoms with van der Waals surface area (Å²) in [7, 11) is -2.57. The quantitative estimate of drug-likeness (QED) is 0.455. The average molecular weight is 522 g/mol. The van der Waals surface area contributed by atoms with E-state index >= 15 is 0 Å². The van der Waals surface area contributed by atoms with E-state index in [9.17, 15) is 18.0 Å². The molecular formula is C29H35N3O4S. The molecule has 0 aliphatic rings. The molecule has 3 rings (SSSR count). The summed E-state index contributed by atoms with van der Waals surface area (Å²) < 4.78 is 28.9. The molecule has 0 radical (unpaired) electrons. The first kappa shape index (κ1) is 27.9.